The van der Waals surface area contributed by atoms with Crippen molar-refractivity contribution in [3.05, 3.63) is 95.1 Å². The van der Waals surface area contributed by atoms with Gasteiger partial charge in [0.15, 0.2) is 0 Å². The van der Waals surface area contributed by atoms with E-state index < -0.39 is 28.5 Å². The van der Waals surface area contributed by atoms with Crippen LogP contribution in [0.1, 0.15) is 49.4 Å². The Morgan fingerprint density at radius 1 is 0.872 bits per heavy atom. The molecule has 0 saturated carbocycles. The quantitative estimate of drug-likeness (QED) is 0.359. The summed E-state index contributed by atoms with van der Waals surface area (Å²) in [6, 6.07) is 20.2. The molecule has 0 bridgehead atoms. The van der Waals surface area contributed by atoms with E-state index in [-0.39, 0.29) is 23.4 Å². The number of hydrogen-bond acceptors (Lipinski definition) is 4. The molecule has 2 unspecified atom stereocenters. The monoisotopic (exact) mass is 549 g/mol. The molecule has 3 aromatic carbocycles. The smallest absolute Gasteiger partial charge is 0.264 e. The van der Waals surface area contributed by atoms with Gasteiger partial charge in [-0.2, -0.15) is 0 Å². The van der Waals surface area contributed by atoms with Gasteiger partial charge in [0.1, 0.15) is 12.6 Å². The van der Waals surface area contributed by atoms with Crippen LogP contribution in [0.3, 0.4) is 0 Å². The summed E-state index contributed by atoms with van der Waals surface area (Å²) in [6.45, 7) is 11.1. The summed E-state index contributed by atoms with van der Waals surface area (Å²) in [4.78, 5) is 28.7. The summed E-state index contributed by atoms with van der Waals surface area (Å²) in [5, 5.41) is 2.95. The van der Waals surface area contributed by atoms with Crippen LogP contribution in [0.4, 0.5) is 5.69 Å². The number of sulfonamides is 1. The molecule has 0 fully saturated rings. The zero-order valence-corrected chi connectivity index (χ0v) is 24.5. The lowest BCUT2D eigenvalue weighted by Gasteiger charge is -2.32. The molecule has 2 atom stereocenters. The van der Waals surface area contributed by atoms with Gasteiger partial charge in [0.05, 0.1) is 10.6 Å². The first-order chi connectivity index (χ1) is 18.4. The lowest BCUT2D eigenvalue weighted by atomic mass is 10.1. The Bertz CT molecular complexity index is 1410. The minimum absolute atomic E-state index is 0.0543. The van der Waals surface area contributed by atoms with Gasteiger partial charge in [-0.3, -0.25) is 13.9 Å². The number of carbonyl (C=O) groups excluding carboxylic acids is 2. The first kappa shape index (κ1) is 29.9. The second-order valence-electron chi connectivity index (χ2n) is 10.1. The Balaban J connectivity index is 2.04. The van der Waals surface area contributed by atoms with Crippen LogP contribution in [0.5, 0.6) is 0 Å². The lowest BCUT2D eigenvalue weighted by molar-refractivity contribution is -0.139. The highest BCUT2D eigenvalue weighted by molar-refractivity contribution is 7.92. The molecule has 0 aliphatic heterocycles. The SMILES string of the molecule is CCC(C)NC(=O)C(C)N(Cc1cccc(C)c1)C(=O)CN(c1ccc(C)c(C)c1)S(=O)(=O)c1ccccc1. The van der Waals surface area contributed by atoms with E-state index in [0.29, 0.717) is 5.69 Å². The van der Waals surface area contributed by atoms with Crippen molar-refractivity contribution < 1.29 is 18.0 Å². The van der Waals surface area contributed by atoms with Gasteiger partial charge in [0, 0.05) is 12.6 Å². The molecule has 0 aliphatic rings. The summed E-state index contributed by atoms with van der Waals surface area (Å²) in [5.74, 6) is -0.755. The number of benzene rings is 3. The van der Waals surface area contributed by atoms with Crippen molar-refractivity contribution in [3.8, 4) is 0 Å². The predicted octanol–water partition coefficient (Wildman–Crippen LogP) is 5.14. The summed E-state index contributed by atoms with van der Waals surface area (Å²) < 4.78 is 28.8. The molecule has 208 valence electrons. The van der Waals surface area contributed by atoms with E-state index in [9.17, 15) is 18.0 Å². The lowest BCUT2D eigenvalue weighted by Crippen LogP contribution is -2.52. The number of amides is 2. The molecule has 2 amide bonds. The van der Waals surface area contributed by atoms with Gasteiger partial charge in [0.25, 0.3) is 10.0 Å². The number of nitrogens with zero attached hydrogens (tertiary/aromatic N) is 2. The van der Waals surface area contributed by atoms with Crippen molar-refractivity contribution in [2.75, 3.05) is 10.8 Å². The Labute approximate surface area is 232 Å². The van der Waals surface area contributed by atoms with Crippen molar-refractivity contribution in [2.45, 2.75) is 71.5 Å². The largest absolute Gasteiger partial charge is 0.352 e. The Kier molecular flexibility index (Phi) is 9.92. The first-order valence-electron chi connectivity index (χ1n) is 13.2. The summed E-state index contributed by atoms with van der Waals surface area (Å²) in [6.07, 6.45) is 0.750. The van der Waals surface area contributed by atoms with Gasteiger partial charge in [-0.15, -0.1) is 0 Å². The van der Waals surface area contributed by atoms with Crippen LogP contribution in [0, 0.1) is 20.8 Å². The zero-order chi connectivity index (χ0) is 28.7. The first-order valence-corrected chi connectivity index (χ1v) is 14.7. The van der Waals surface area contributed by atoms with E-state index in [1.165, 1.54) is 17.0 Å². The molecule has 7 nitrogen and oxygen atoms in total. The van der Waals surface area contributed by atoms with Crippen LogP contribution in [-0.4, -0.2) is 43.8 Å². The van der Waals surface area contributed by atoms with Gasteiger partial charge in [-0.25, -0.2) is 8.42 Å². The molecule has 3 rings (SSSR count). The van der Waals surface area contributed by atoms with Gasteiger partial charge < -0.3 is 10.2 Å². The second-order valence-corrected chi connectivity index (χ2v) is 12.0. The highest BCUT2D eigenvalue weighted by Crippen LogP contribution is 2.26. The molecule has 0 radical (unpaired) electrons. The molecule has 0 saturated heterocycles. The van der Waals surface area contributed by atoms with Crippen LogP contribution in [0.25, 0.3) is 0 Å². The molecular weight excluding hydrogens is 510 g/mol. The topological polar surface area (TPSA) is 86.8 Å². The van der Waals surface area contributed by atoms with Gasteiger partial charge in [-0.1, -0.05) is 61.0 Å². The third-order valence-corrected chi connectivity index (χ3v) is 8.78. The molecule has 8 heteroatoms. The number of carbonyl (C=O) groups is 2. The van der Waals surface area contributed by atoms with Crippen molar-refractivity contribution in [1.82, 2.24) is 10.2 Å². The third-order valence-electron chi connectivity index (χ3n) is 6.99. The maximum Gasteiger partial charge on any atom is 0.264 e. The maximum absolute atomic E-state index is 14.0. The maximum atomic E-state index is 14.0. The van der Waals surface area contributed by atoms with Crippen molar-refractivity contribution in [1.29, 1.82) is 0 Å². The number of anilines is 1. The van der Waals surface area contributed by atoms with E-state index in [0.717, 1.165) is 33.0 Å². The highest BCUT2D eigenvalue weighted by atomic mass is 32.2. The molecule has 0 heterocycles. The molecule has 1 N–H and O–H groups in total. The van der Waals surface area contributed by atoms with E-state index in [1.807, 2.05) is 65.0 Å². The molecule has 0 aromatic heterocycles. The third kappa shape index (κ3) is 7.47. The van der Waals surface area contributed by atoms with Crippen molar-refractivity contribution >= 4 is 27.5 Å². The number of aryl methyl sites for hydroxylation is 3. The van der Waals surface area contributed by atoms with Crippen LogP contribution in [-0.2, 0) is 26.2 Å². The summed E-state index contributed by atoms with van der Waals surface area (Å²) in [7, 11) is -4.08. The van der Waals surface area contributed by atoms with E-state index in [2.05, 4.69) is 5.32 Å². The fraction of sp³-hybridized carbons (Fsp3) is 0.355. The summed E-state index contributed by atoms with van der Waals surface area (Å²) >= 11 is 0. The van der Waals surface area contributed by atoms with Crippen LogP contribution >= 0.6 is 0 Å². The normalized spacial score (nSPS) is 12.9. The number of hydrogen-bond donors (Lipinski definition) is 1. The molecule has 39 heavy (non-hydrogen) atoms. The van der Waals surface area contributed by atoms with E-state index in [1.54, 1.807) is 37.3 Å². The second kappa shape index (κ2) is 12.9. The van der Waals surface area contributed by atoms with Crippen LogP contribution in [0.2, 0.25) is 0 Å². The van der Waals surface area contributed by atoms with Crippen LogP contribution in [0.15, 0.2) is 77.7 Å². The standard InChI is InChI=1S/C31H39N3O4S/c1-7-25(5)32-31(36)26(6)33(20-27-13-11-12-22(2)18-27)30(35)21-34(28-17-16-23(3)24(4)19-28)39(37,38)29-14-9-8-10-15-29/h8-19,25-26H,7,20-21H2,1-6H3,(H,32,36). The zero-order valence-electron chi connectivity index (χ0n) is 23.6. The predicted molar refractivity (Wildman–Crippen MR) is 156 cm³/mol. The van der Waals surface area contributed by atoms with Crippen molar-refractivity contribution in [2.24, 2.45) is 0 Å². The molecule has 3 aromatic rings. The Morgan fingerprint density at radius 2 is 1.56 bits per heavy atom. The highest BCUT2D eigenvalue weighted by Gasteiger charge is 2.32. The molecule has 0 spiro atoms. The fourth-order valence-electron chi connectivity index (χ4n) is 4.18. The number of nitrogens with one attached hydrogen (secondary N) is 1. The van der Waals surface area contributed by atoms with E-state index >= 15 is 0 Å². The molecular formula is C31H39N3O4S. The minimum atomic E-state index is -4.08. The Morgan fingerprint density at radius 3 is 2.18 bits per heavy atom. The Hall–Kier alpha value is -3.65. The number of rotatable bonds is 11. The van der Waals surface area contributed by atoms with Crippen LogP contribution < -0.4 is 9.62 Å². The molecule has 0 aliphatic carbocycles. The van der Waals surface area contributed by atoms with Gasteiger partial charge >= 0.3 is 0 Å². The fourth-order valence-corrected chi connectivity index (χ4v) is 5.61. The summed E-state index contributed by atoms with van der Waals surface area (Å²) in [5.41, 5.74) is 4.20. The van der Waals surface area contributed by atoms with E-state index in [4.69, 9.17) is 0 Å². The van der Waals surface area contributed by atoms with Gasteiger partial charge in [0.2, 0.25) is 11.8 Å². The minimum Gasteiger partial charge on any atom is -0.352 e. The van der Waals surface area contributed by atoms with Gasteiger partial charge in [-0.05, 0) is 82.0 Å². The van der Waals surface area contributed by atoms with Crippen molar-refractivity contribution in [3.63, 3.8) is 0 Å². The average Bonchev–Trinajstić information content (AvgIpc) is 2.91. The average molecular weight is 550 g/mol.